The second-order valence-corrected chi connectivity index (χ2v) is 6.57. The van der Waals surface area contributed by atoms with Gasteiger partial charge in [0.1, 0.15) is 0 Å². The molecule has 0 aliphatic carbocycles. The van der Waals surface area contributed by atoms with Crippen molar-refractivity contribution >= 4 is 33.0 Å². The lowest BCUT2D eigenvalue weighted by Gasteiger charge is -2.05. The first-order valence-corrected chi connectivity index (χ1v) is 6.88. The fourth-order valence-electron chi connectivity index (χ4n) is 0.837. The van der Waals surface area contributed by atoms with Gasteiger partial charge in [-0.1, -0.05) is 22.9 Å². The summed E-state index contributed by atoms with van der Waals surface area (Å²) in [6, 6.07) is 0. The minimum Gasteiger partial charge on any atom is -0.393 e. The van der Waals surface area contributed by atoms with Crippen LogP contribution in [0, 0.1) is 0 Å². The third-order valence-electron chi connectivity index (χ3n) is 1.58. The summed E-state index contributed by atoms with van der Waals surface area (Å²) in [5, 5.41) is 8.96. The Morgan fingerprint density at radius 3 is 2.87 bits per heavy atom. The van der Waals surface area contributed by atoms with Crippen molar-refractivity contribution in [3.63, 3.8) is 0 Å². The van der Waals surface area contributed by atoms with Crippen LogP contribution in [0.4, 0.5) is 0 Å². The van der Waals surface area contributed by atoms with Crippen LogP contribution < -0.4 is 4.72 Å². The molecule has 2 N–H and O–H groups in total. The molecule has 0 aromatic carbocycles. The van der Waals surface area contributed by atoms with E-state index in [1.807, 2.05) is 0 Å². The Hall–Kier alpha value is -0.210. The number of aromatic nitrogens is 1. The molecule has 0 amide bonds. The Labute approximate surface area is 97.2 Å². The highest BCUT2D eigenvalue weighted by molar-refractivity contribution is 7.91. The lowest BCUT2D eigenvalue weighted by atomic mass is 10.3. The third kappa shape index (κ3) is 4.04. The van der Waals surface area contributed by atoms with Crippen molar-refractivity contribution in [2.75, 3.05) is 6.54 Å². The quantitative estimate of drug-likeness (QED) is 0.831. The van der Waals surface area contributed by atoms with Gasteiger partial charge < -0.3 is 5.11 Å². The Kier molecular flexibility index (Phi) is 4.47. The van der Waals surface area contributed by atoms with Gasteiger partial charge in [0.15, 0.2) is 8.68 Å². The molecule has 0 fully saturated rings. The summed E-state index contributed by atoms with van der Waals surface area (Å²) < 4.78 is 25.7. The Morgan fingerprint density at radius 1 is 1.73 bits per heavy atom. The maximum atomic E-state index is 11.5. The average molecular weight is 271 g/mol. The maximum Gasteiger partial charge on any atom is 0.251 e. The molecule has 0 spiro atoms. The third-order valence-corrected chi connectivity index (χ3v) is 4.61. The number of nitrogens with zero attached hydrogens (tertiary/aromatic N) is 1. The van der Waals surface area contributed by atoms with Gasteiger partial charge in [0, 0.05) is 6.54 Å². The second kappa shape index (κ2) is 5.22. The van der Waals surface area contributed by atoms with Crippen LogP contribution in [0.25, 0.3) is 0 Å². The Morgan fingerprint density at radius 2 is 2.40 bits per heavy atom. The van der Waals surface area contributed by atoms with Crippen LogP contribution in [0.15, 0.2) is 10.4 Å². The molecular weight excluding hydrogens is 260 g/mol. The lowest BCUT2D eigenvalue weighted by molar-refractivity contribution is 0.186. The average Bonchev–Trinajstić information content (AvgIpc) is 2.51. The van der Waals surface area contributed by atoms with Crippen LogP contribution in [0.3, 0.4) is 0 Å². The predicted molar refractivity (Wildman–Crippen MR) is 58.6 cm³/mol. The van der Waals surface area contributed by atoms with Crippen molar-refractivity contribution in [1.82, 2.24) is 9.71 Å². The largest absolute Gasteiger partial charge is 0.393 e. The highest BCUT2D eigenvalue weighted by atomic mass is 35.5. The highest BCUT2D eigenvalue weighted by Crippen LogP contribution is 2.21. The number of nitrogens with one attached hydrogen (secondary N) is 1. The molecule has 0 saturated heterocycles. The summed E-state index contributed by atoms with van der Waals surface area (Å²) in [6.07, 6.45) is 1.04. The first kappa shape index (κ1) is 12.9. The molecule has 86 valence electrons. The number of thiazole rings is 1. The summed E-state index contributed by atoms with van der Waals surface area (Å²) in [4.78, 5) is 3.64. The van der Waals surface area contributed by atoms with E-state index in [1.165, 1.54) is 6.20 Å². The Balaban J connectivity index is 2.60. The summed E-state index contributed by atoms with van der Waals surface area (Å²) in [5.41, 5.74) is 0. The van der Waals surface area contributed by atoms with Gasteiger partial charge in [-0.3, -0.25) is 0 Å². The van der Waals surface area contributed by atoms with Gasteiger partial charge >= 0.3 is 0 Å². The van der Waals surface area contributed by atoms with Crippen LogP contribution in [-0.4, -0.2) is 31.2 Å². The van der Waals surface area contributed by atoms with Crippen LogP contribution in [0.2, 0.25) is 4.47 Å². The summed E-state index contributed by atoms with van der Waals surface area (Å²) in [5.74, 6) is 0. The number of rotatable bonds is 5. The van der Waals surface area contributed by atoms with Crippen LogP contribution in [-0.2, 0) is 10.0 Å². The van der Waals surface area contributed by atoms with E-state index in [0.29, 0.717) is 6.42 Å². The molecule has 0 aliphatic heterocycles. The van der Waals surface area contributed by atoms with Crippen molar-refractivity contribution in [2.45, 2.75) is 23.7 Å². The van der Waals surface area contributed by atoms with E-state index >= 15 is 0 Å². The fraction of sp³-hybridized carbons (Fsp3) is 0.571. The van der Waals surface area contributed by atoms with Gasteiger partial charge in [0.2, 0.25) is 0 Å². The van der Waals surface area contributed by atoms with Gasteiger partial charge in [-0.05, 0) is 13.3 Å². The molecule has 15 heavy (non-hydrogen) atoms. The minimum absolute atomic E-state index is 0.0816. The summed E-state index contributed by atoms with van der Waals surface area (Å²) in [7, 11) is -3.52. The zero-order valence-corrected chi connectivity index (χ0v) is 10.4. The first-order valence-electron chi connectivity index (χ1n) is 4.21. The summed E-state index contributed by atoms with van der Waals surface area (Å²) >= 11 is 6.42. The minimum atomic E-state index is -3.52. The van der Waals surface area contributed by atoms with Crippen molar-refractivity contribution in [1.29, 1.82) is 0 Å². The van der Waals surface area contributed by atoms with E-state index in [0.717, 1.165) is 11.3 Å². The molecule has 0 radical (unpaired) electrons. The first-order chi connectivity index (χ1) is 6.92. The molecule has 1 aromatic heterocycles. The van der Waals surface area contributed by atoms with Crippen LogP contribution in [0.1, 0.15) is 13.3 Å². The van der Waals surface area contributed by atoms with Crippen LogP contribution in [0.5, 0.6) is 0 Å². The molecule has 1 aromatic rings. The predicted octanol–water partition coefficient (Wildman–Crippen LogP) is 0.846. The molecule has 1 unspecified atom stereocenters. The molecule has 1 rings (SSSR count). The van der Waals surface area contributed by atoms with Crippen LogP contribution >= 0.6 is 22.9 Å². The zero-order valence-electron chi connectivity index (χ0n) is 7.97. The SMILES string of the molecule is CC(O)CCNS(=O)(=O)c1cnc(Cl)s1. The monoisotopic (exact) mass is 270 g/mol. The fourth-order valence-corrected chi connectivity index (χ4v) is 3.22. The maximum absolute atomic E-state index is 11.5. The second-order valence-electron chi connectivity index (χ2n) is 2.97. The van der Waals surface area contributed by atoms with E-state index in [-0.39, 0.29) is 15.2 Å². The smallest absolute Gasteiger partial charge is 0.251 e. The number of sulfonamides is 1. The molecule has 0 aliphatic rings. The van der Waals surface area contributed by atoms with Gasteiger partial charge in [-0.15, -0.1) is 0 Å². The molecular formula is C7H11ClN2O3S2. The normalized spacial score (nSPS) is 14.1. The van der Waals surface area contributed by atoms with Gasteiger partial charge in [-0.25, -0.2) is 18.1 Å². The molecule has 1 heterocycles. The number of halogens is 1. The van der Waals surface area contributed by atoms with E-state index in [2.05, 4.69) is 9.71 Å². The zero-order chi connectivity index (χ0) is 11.5. The number of hydrogen-bond donors (Lipinski definition) is 2. The lowest BCUT2D eigenvalue weighted by Crippen LogP contribution is -2.26. The number of hydrogen-bond acceptors (Lipinski definition) is 5. The molecule has 8 heteroatoms. The van der Waals surface area contributed by atoms with E-state index in [4.69, 9.17) is 16.7 Å². The van der Waals surface area contributed by atoms with Crippen molar-refractivity contribution in [3.05, 3.63) is 10.7 Å². The molecule has 0 bridgehead atoms. The van der Waals surface area contributed by atoms with Crippen molar-refractivity contribution in [2.24, 2.45) is 0 Å². The van der Waals surface area contributed by atoms with E-state index in [9.17, 15) is 8.42 Å². The van der Waals surface area contributed by atoms with Crippen molar-refractivity contribution in [3.8, 4) is 0 Å². The number of aliphatic hydroxyl groups excluding tert-OH is 1. The Bertz CT molecular complexity index is 416. The van der Waals surface area contributed by atoms with Gasteiger partial charge in [0.25, 0.3) is 10.0 Å². The summed E-state index contributed by atoms with van der Waals surface area (Å²) in [6.45, 7) is 1.79. The van der Waals surface area contributed by atoms with E-state index in [1.54, 1.807) is 6.92 Å². The topological polar surface area (TPSA) is 79.3 Å². The van der Waals surface area contributed by atoms with Crippen molar-refractivity contribution < 1.29 is 13.5 Å². The van der Waals surface area contributed by atoms with Gasteiger partial charge in [-0.2, -0.15) is 0 Å². The molecule has 0 saturated carbocycles. The molecule has 1 atom stereocenters. The van der Waals surface area contributed by atoms with Gasteiger partial charge in [0.05, 0.1) is 12.3 Å². The molecule has 5 nitrogen and oxygen atoms in total. The van der Waals surface area contributed by atoms with E-state index < -0.39 is 16.1 Å². The standard InChI is InChI=1S/C7H11ClN2O3S2/c1-5(11)2-3-10-15(12,13)6-4-9-7(8)14-6/h4-5,10-11H,2-3H2,1H3. The number of aliphatic hydroxyl groups is 1. The highest BCUT2D eigenvalue weighted by Gasteiger charge is 2.16.